The van der Waals surface area contributed by atoms with Crippen LogP contribution < -0.4 is 10.2 Å². The van der Waals surface area contributed by atoms with E-state index in [-0.39, 0.29) is 6.23 Å². The van der Waals surface area contributed by atoms with E-state index in [9.17, 15) is 0 Å². The summed E-state index contributed by atoms with van der Waals surface area (Å²) in [6.07, 6.45) is 9.29. The molecular weight excluding hydrogens is 412 g/mol. The van der Waals surface area contributed by atoms with E-state index in [2.05, 4.69) is 47.1 Å². The molecule has 4 heterocycles. The number of nitrogens with one attached hydrogen (secondary N) is 1. The number of aryl methyl sites for hydroxylation is 1. The number of piperazine rings is 1. The van der Waals surface area contributed by atoms with Crippen molar-refractivity contribution >= 4 is 16.7 Å². The Morgan fingerprint density at radius 1 is 1.09 bits per heavy atom. The predicted octanol–water partition coefficient (Wildman–Crippen LogP) is 3.76. The van der Waals surface area contributed by atoms with Crippen molar-refractivity contribution in [1.29, 1.82) is 0 Å². The molecule has 2 aromatic heterocycles. The van der Waals surface area contributed by atoms with Crippen molar-refractivity contribution in [1.82, 2.24) is 25.1 Å². The summed E-state index contributed by atoms with van der Waals surface area (Å²) >= 11 is 0. The number of rotatable bonds is 3. The Balaban J connectivity index is 1.37. The van der Waals surface area contributed by atoms with E-state index in [1.807, 2.05) is 0 Å². The second-order valence-corrected chi connectivity index (χ2v) is 9.99. The van der Waals surface area contributed by atoms with Crippen LogP contribution in [0, 0.1) is 12.8 Å². The SMILES string of the molecule is Cc1ccc2c(cnn2C2CCCCO2)c1C1Cc2ncnc(N3CCNCC3)c2CC1C. The zero-order chi connectivity index (χ0) is 22.4. The average Bonchev–Trinajstić information content (AvgIpc) is 3.29. The van der Waals surface area contributed by atoms with E-state index in [0.717, 1.165) is 64.3 Å². The minimum Gasteiger partial charge on any atom is -0.356 e. The average molecular weight is 447 g/mol. The van der Waals surface area contributed by atoms with Gasteiger partial charge in [-0.25, -0.2) is 14.6 Å². The van der Waals surface area contributed by atoms with E-state index in [1.54, 1.807) is 6.33 Å². The summed E-state index contributed by atoms with van der Waals surface area (Å²) in [6.45, 7) is 9.55. The molecule has 7 nitrogen and oxygen atoms in total. The molecule has 0 amide bonds. The van der Waals surface area contributed by atoms with Crippen molar-refractivity contribution < 1.29 is 4.74 Å². The lowest BCUT2D eigenvalue weighted by molar-refractivity contribution is -0.0366. The molecule has 0 spiro atoms. The maximum atomic E-state index is 6.06. The zero-order valence-corrected chi connectivity index (χ0v) is 19.8. The summed E-state index contributed by atoms with van der Waals surface area (Å²) in [6, 6.07) is 4.50. The smallest absolute Gasteiger partial charge is 0.150 e. The Morgan fingerprint density at radius 2 is 1.97 bits per heavy atom. The molecule has 174 valence electrons. The molecule has 1 aliphatic carbocycles. The third-order valence-corrected chi connectivity index (χ3v) is 7.89. The van der Waals surface area contributed by atoms with Gasteiger partial charge in [-0.2, -0.15) is 5.10 Å². The highest BCUT2D eigenvalue weighted by Crippen LogP contribution is 2.43. The van der Waals surface area contributed by atoms with Crippen molar-refractivity contribution in [3.8, 4) is 0 Å². The van der Waals surface area contributed by atoms with Gasteiger partial charge in [-0.1, -0.05) is 13.0 Å². The minimum atomic E-state index is 0.0608. The molecule has 2 fully saturated rings. The molecule has 3 unspecified atom stereocenters. The number of anilines is 1. The van der Waals surface area contributed by atoms with Gasteiger partial charge in [-0.15, -0.1) is 0 Å². The van der Waals surface area contributed by atoms with Gasteiger partial charge in [-0.05, 0) is 68.1 Å². The fourth-order valence-electron chi connectivity index (χ4n) is 6.12. The first kappa shape index (κ1) is 21.1. The van der Waals surface area contributed by atoms with Gasteiger partial charge >= 0.3 is 0 Å². The molecule has 1 aromatic carbocycles. The summed E-state index contributed by atoms with van der Waals surface area (Å²) in [4.78, 5) is 11.9. The molecule has 3 aliphatic rings. The highest BCUT2D eigenvalue weighted by molar-refractivity contribution is 5.84. The predicted molar refractivity (Wildman–Crippen MR) is 130 cm³/mol. The highest BCUT2D eigenvalue weighted by atomic mass is 16.5. The maximum absolute atomic E-state index is 6.06. The van der Waals surface area contributed by atoms with Crippen LogP contribution in [0.4, 0.5) is 5.82 Å². The monoisotopic (exact) mass is 446 g/mol. The lowest BCUT2D eigenvalue weighted by Crippen LogP contribution is -2.44. The molecule has 2 aliphatic heterocycles. The second kappa shape index (κ2) is 8.69. The topological polar surface area (TPSA) is 68.1 Å². The normalized spacial score (nSPS) is 25.9. The van der Waals surface area contributed by atoms with Crippen molar-refractivity contribution in [3.05, 3.63) is 47.0 Å². The van der Waals surface area contributed by atoms with Gasteiger partial charge in [0.15, 0.2) is 6.23 Å². The van der Waals surface area contributed by atoms with Gasteiger partial charge in [-0.3, -0.25) is 0 Å². The number of benzene rings is 1. The van der Waals surface area contributed by atoms with Crippen LogP contribution in [0.15, 0.2) is 24.7 Å². The first-order valence-corrected chi connectivity index (χ1v) is 12.6. The number of aromatic nitrogens is 4. The van der Waals surface area contributed by atoms with Crippen LogP contribution in [0.2, 0.25) is 0 Å². The van der Waals surface area contributed by atoms with Gasteiger partial charge in [0.05, 0.1) is 11.7 Å². The third kappa shape index (κ3) is 3.71. The fourth-order valence-corrected chi connectivity index (χ4v) is 6.12. The summed E-state index contributed by atoms with van der Waals surface area (Å²) in [5, 5.41) is 9.54. The minimum absolute atomic E-state index is 0.0608. The summed E-state index contributed by atoms with van der Waals surface area (Å²) in [5.74, 6) is 2.10. The van der Waals surface area contributed by atoms with E-state index in [0.29, 0.717) is 11.8 Å². The lowest BCUT2D eigenvalue weighted by atomic mass is 9.73. The van der Waals surface area contributed by atoms with Crippen molar-refractivity contribution in [3.63, 3.8) is 0 Å². The van der Waals surface area contributed by atoms with E-state index >= 15 is 0 Å². The lowest BCUT2D eigenvalue weighted by Gasteiger charge is -2.36. The molecule has 0 saturated carbocycles. The number of nitrogens with zero attached hydrogens (tertiary/aromatic N) is 5. The summed E-state index contributed by atoms with van der Waals surface area (Å²) in [7, 11) is 0. The quantitative estimate of drug-likeness (QED) is 0.661. The van der Waals surface area contributed by atoms with Gasteiger partial charge < -0.3 is 15.0 Å². The summed E-state index contributed by atoms with van der Waals surface area (Å²) < 4.78 is 8.17. The number of fused-ring (bicyclic) bond motifs is 2. The van der Waals surface area contributed by atoms with E-state index in [4.69, 9.17) is 19.8 Å². The van der Waals surface area contributed by atoms with E-state index in [1.165, 1.54) is 39.7 Å². The molecule has 6 rings (SSSR count). The second-order valence-electron chi connectivity index (χ2n) is 9.99. The standard InChI is InChI=1S/C26H34N6O/c1-17-6-7-23-21(15-30-32(23)24-5-3-4-12-33-24)25(17)19-14-22-20(13-18(19)2)26(29-16-28-22)31-10-8-27-9-11-31/h6-7,15-16,18-19,24,27H,3-5,8-14H2,1-2H3. The van der Waals surface area contributed by atoms with Crippen LogP contribution in [0.5, 0.6) is 0 Å². The molecule has 7 heteroatoms. The number of ether oxygens (including phenoxy) is 1. The molecule has 3 atom stereocenters. The Kier molecular flexibility index (Phi) is 5.54. The van der Waals surface area contributed by atoms with Crippen LogP contribution in [0.25, 0.3) is 10.9 Å². The molecule has 1 N–H and O–H groups in total. The van der Waals surface area contributed by atoms with E-state index < -0.39 is 0 Å². The Hall–Kier alpha value is -2.51. The Morgan fingerprint density at radius 3 is 2.79 bits per heavy atom. The number of hydrogen-bond donors (Lipinski definition) is 1. The zero-order valence-electron chi connectivity index (χ0n) is 19.8. The first-order chi connectivity index (χ1) is 16.2. The summed E-state index contributed by atoms with van der Waals surface area (Å²) in [5.41, 5.74) is 6.57. The Bertz CT molecular complexity index is 1150. The molecule has 0 bridgehead atoms. The number of hydrogen-bond acceptors (Lipinski definition) is 6. The first-order valence-electron chi connectivity index (χ1n) is 12.6. The van der Waals surface area contributed by atoms with Gasteiger partial charge in [0.2, 0.25) is 0 Å². The van der Waals surface area contributed by atoms with Crippen LogP contribution in [0.1, 0.15) is 60.7 Å². The highest BCUT2D eigenvalue weighted by Gasteiger charge is 2.33. The van der Waals surface area contributed by atoms with Crippen molar-refractivity contribution in [2.45, 2.75) is 58.1 Å². The van der Waals surface area contributed by atoms with Crippen LogP contribution in [0.3, 0.4) is 0 Å². The van der Waals surface area contributed by atoms with Crippen molar-refractivity contribution in [2.75, 3.05) is 37.7 Å². The largest absolute Gasteiger partial charge is 0.356 e. The molecule has 0 radical (unpaired) electrons. The van der Waals surface area contributed by atoms with Gasteiger partial charge in [0, 0.05) is 49.4 Å². The molecule has 3 aromatic rings. The molecule has 2 saturated heterocycles. The van der Waals surface area contributed by atoms with Crippen molar-refractivity contribution in [2.24, 2.45) is 5.92 Å². The molecule has 33 heavy (non-hydrogen) atoms. The Labute approximate surface area is 195 Å². The third-order valence-electron chi connectivity index (χ3n) is 7.89. The fraction of sp³-hybridized carbons (Fsp3) is 0.577. The van der Waals surface area contributed by atoms with Gasteiger partial charge in [0.25, 0.3) is 0 Å². The van der Waals surface area contributed by atoms with Crippen LogP contribution in [-0.4, -0.2) is 52.5 Å². The van der Waals surface area contributed by atoms with Crippen LogP contribution >= 0.6 is 0 Å². The van der Waals surface area contributed by atoms with Crippen LogP contribution in [-0.2, 0) is 17.6 Å². The maximum Gasteiger partial charge on any atom is 0.150 e. The molecular formula is C26H34N6O. The van der Waals surface area contributed by atoms with Gasteiger partial charge in [0.1, 0.15) is 12.1 Å².